The zero-order valence-electron chi connectivity index (χ0n) is 18.8. The molecule has 0 fully saturated rings. The molecule has 3 aromatic carbocycles. The highest BCUT2D eigenvalue weighted by atomic mass is 16.6. The fourth-order valence-electron chi connectivity index (χ4n) is 3.20. The van der Waals surface area contributed by atoms with Crippen molar-refractivity contribution >= 4 is 29.8 Å². The van der Waals surface area contributed by atoms with Crippen LogP contribution in [0.2, 0.25) is 0 Å². The van der Waals surface area contributed by atoms with Gasteiger partial charge in [-0.1, -0.05) is 48.5 Å². The first kappa shape index (κ1) is 23.8. The van der Waals surface area contributed by atoms with Gasteiger partial charge in [0.1, 0.15) is 17.2 Å². The maximum atomic E-state index is 12.8. The van der Waals surface area contributed by atoms with E-state index in [1.807, 2.05) is 18.2 Å². The third-order valence-corrected chi connectivity index (χ3v) is 4.99. The molecule has 0 aliphatic heterocycles. The van der Waals surface area contributed by atoms with E-state index in [4.69, 9.17) is 4.42 Å². The number of nitro benzene ring substituents is 1. The van der Waals surface area contributed by atoms with Crippen molar-refractivity contribution in [1.29, 1.82) is 0 Å². The largest absolute Gasteiger partial charge is 0.455 e. The van der Waals surface area contributed by atoms with Gasteiger partial charge in [0.05, 0.1) is 11.1 Å². The lowest BCUT2D eigenvalue weighted by atomic mass is 10.1. The number of nitro groups is 1. The molecule has 178 valence electrons. The van der Waals surface area contributed by atoms with Crippen LogP contribution in [-0.4, -0.2) is 23.0 Å². The molecule has 0 bridgehead atoms. The molecule has 4 aromatic rings. The summed E-state index contributed by atoms with van der Waals surface area (Å²) >= 11 is 0. The van der Waals surface area contributed by atoms with Gasteiger partial charge in [0.2, 0.25) is 0 Å². The summed E-state index contributed by atoms with van der Waals surface area (Å²) in [6.45, 7) is 0. The third kappa shape index (κ3) is 6.17. The Balaban J connectivity index is 1.46. The molecule has 0 atom stereocenters. The van der Waals surface area contributed by atoms with Crippen LogP contribution in [0.5, 0.6) is 0 Å². The molecule has 2 amide bonds. The van der Waals surface area contributed by atoms with Gasteiger partial charge in [0.25, 0.3) is 17.5 Å². The fraction of sp³-hybridized carbons (Fsp3) is 0. The second kappa shape index (κ2) is 11.2. The van der Waals surface area contributed by atoms with E-state index < -0.39 is 16.7 Å². The number of carbonyl (C=O) groups is 2. The Labute approximate surface area is 205 Å². The van der Waals surface area contributed by atoms with Crippen molar-refractivity contribution < 1.29 is 18.9 Å². The number of carbonyl (C=O) groups excluding carboxylic acids is 2. The molecule has 36 heavy (non-hydrogen) atoms. The molecule has 0 aliphatic rings. The summed E-state index contributed by atoms with van der Waals surface area (Å²) in [5, 5.41) is 17.4. The summed E-state index contributed by atoms with van der Waals surface area (Å²) in [4.78, 5) is 35.8. The molecule has 0 saturated heterocycles. The predicted molar refractivity (Wildman–Crippen MR) is 135 cm³/mol. The Morgan fingerprint density at radius 1 is 0.861 bits per heavy atom. The van der Waals surface area contributed by atoms with Crippen molar-refractivity contribution in [2.75, 3.05) is 0 Å². The molecule has 9 nitrogen and oxygen atoms in total. The molecule has 0 saturated carbocycles. The zero-order chi connectivity index (χ0) is 25.3. The summed E-state index contributed by atoms with van der Waals surface area (Å²) in [7, 11) is 0. The number of furan rings is 1. The molecule has 0 radical (unpaired) electrons. The Bertz CT molecular complexity index is 1430. The van der Waals surface area contributed by atoms with E-state index in [0.717, 1.165) is 5.56 Å². The number of hydrogen-bond donors (Lipinski definition) is 2. The molecule has 9 heteroatoms. The summed E-state index contributed by atoms with van der Waals surface area (Å²) < 4.78 is 5.68. The second-order valence-electron chi connectivity index (χ2n) is 7.49. The fourth-order valence-corrected chi connectivity index (χ4v) is 3.20. The van der Waals surface area contributed by atoms with Gasteiger partial charge in [-0.25, -0.2) is 5.43 Å². The van der Waals surface area contributed by atoms with Crippen LogP contribution >= 0.6 is 0 Å². The standard InChI is InChI=1S/C27H20N4O5/c32-26(21-9-5-2-6-10-21)29-24(17-19-7-3-1-4-8-19)27(33)30-28-18-23-15-16-25(36-23)20-11-13-22(14-12-20)31(34)35/h1-18H,(H,29,32)(H,30,33)/b24-17+,28-18+. The number of non-ortho nitro benzene ring substituents is 1. The maximum Gasteiger partial charge on any atom is 0.287 e. The van der Waals surface area contributed by atoms with Gasteiger partial charge in [-0.05, 0) is 48.0 Å². The first-order valence-electron chi connectivity index (χ1n) is 10.8. The molecule has 0 unspecified atom stereocenters. The van der Waals surface area contributed by atoms with Crippen molar-refractivity contribution in [3.63, 3.8) is 0 Å². The molecule has 1 aromatic heterocycles. The molecule has 0 spiro atoms. The van der Waals surface area contributed by atoms with Crippen LogP contribution < -0.4 is 10.7 Å². The summed E-state index contributed by atoms with van der Waals surface area (Å²) in [5.74, 6) is -0.222. The van der Waals surface area contributed by atoms with E-state index in [2.05, 4.69) is 15.8 Å². The summed E-state index contributed by atoms with van der Waals surface area (Å²) in [6, 6.07) is 26.9. The maximum absolute atomic E-state index is 12.8. The van der Waals surface area contributed by atoms with Gasteiger partial charge < -0.3 is 9.73 Å². The van der Waals surface area contributed by atoms with E-state index in [0.29, 0.717) is 22.6 Å². The molecular formula is C27H20N4O5. The lowest BCUT2D eigenvalue weighted by Gasteiger charge is -2.09. The normalized spacial score (nSPS) is 11.3. The van der Waals surface area contributed by atoms with Crippen LogP contribution in [0.3, 0.4) is 0 Å². The van der Waals surface area contributed by atoms with Crippen LogP contribution in [0.4, 0.5) is 5.69 Å². The van der Waals surface area contributed by atoms with Crippen molar-refractivity contribution in [3.8, 4) is 11.3 Å². The second-order valence-corrected chi connectivity index (χ2v) is 7.49. The zero-order valence-corrected chi connectivity index (χ0v) is 18.8. The quantitative estimate of drug-likeness (QED) is 0.162. The van der Waals surface area contributed by atoms with Crippen molar-refractivity contribution in [1.82, 2.24) is 10.7 Å². The van der Waals surface area contributed by atoms with Gasteiger partial charge in [-0.2, -0.15) is 5.10 Å². The minimum Gasteiger partial charge on any atom is -0.455 e. The first-order valence-corrected chi connectivity index (χ1v) is 10.8. The number of rotatable bonds is 8. The molecular weight excluding hydrogens is 460 g/mol. The highest BCUT2D eigenvalue weighted by Gasteiger charge is 2.14. The number of amides is 2. The predicted octanol–water partition coefficient (Wildman–Crippen LogP) is 4.78. The van der Waals surface area contributed by atoms with E-state index in [-0.39, 0.29) is 11.4 Å². The highest BCUT2D eigenvalue weighted by Crippen LogP contribution is 2.24. The lowest BCUT2D eigenvalue weighted by molar-refractivity contribution is -0.384. The molecule has 1 heterocycles. The lowest BCUT2D eigenvalue weighted by Crippen LogP contribution is -2.32. The molecule has 2 N–H and O–H groups in total. The van der Waals surface area contributed by atoms with Crippen molar-refractivity contribution in [2.24, 2.45) is 5.10 Å². The van der Waals surface area contributed by atoms with Crippen molar-refractivity contribution in [3.05, 3.63) is 130 Å². The molecule has 0 aliphatic carbocycles. The first-order chi connectivity index (χ1) is 17.5. The van der Waals surface area contributed by atoms with Gasteiger partial charge in [-0.15, -0.1) is 0 Å². The number of nitrogens with one attached hydrogen (secondary N) is 2. The minimum absolute atomic E-state index is 0.0122. The Kier molecular flexibility index (Phi) is 7.42. The summed E-state index contributed by atoms with van der Waals surface area (Å²) in [6.07, 6.45) is 2.86. The van der Waals surface area contributed by atoms with E-state index >= 15 is 0 Å². The van der Waals surface area contributed by atoms with E-state index in [1.54, 1.807) is 72.8 Å². The topological polar surface area (TPSA) is 127 Å². The average Bonchev–Trinajstić information content (AvgIpc) is 3.38. The number of benzene rings is 3. The number of hydrazone groups is 1. The van der Waals surface area contributed by atoms with Crippen LogP contribution in [0.25, 0.3) is 17.4 Å². The monoisotopic (exact) mass is 480 g/mol. The molecule has 4 rings (SSSR count). The highest BCUT2D eigenvalue weighted by molar-refractivity contribution is 6.05. The van der Waals surface area contributed by atoms with Gasteiger partial charge >= 0.3 is 0 Å². The van der Waals surface area contributed by atoms with E-state index in [1.165, 1.54) is 18.3 Å². The van der Waals surface area contributed by atoms with Gasteiger partial charge in [-0.3, -0.25) is 19.7 Å². The Hall–Kier alpha value is -5.31. The minimum atomic E-state index is -0.624. The van der Waals surface area contributed by atoms with Gasteiger partial charge in [0, 0.05) is 23.3 Å². The third-order valence-electron chi connectivity index (χ3n) is 4.99. The SMILES string of the molecule is O=C(N/N=C/c1ccc(-c2ccc([N+](=O)[O-])cc2)o1)/C(=C\c1ccccc1)NC(=O)c1ccccc1. The van der Waals surface area contributed by atoms with Crippen LogP contribution in [0.15, 0.2) is 112 Å². The van der Waals surface area contributed by atoms with Crippen molar-refractivity contribution in [2.45, 2.75) is 0 Å². The van der Waals surface area contributed by atoms with E-state index in [9.17, 15) is 19.7 Å². The number of hydrogen-bond acceptors (Lipinski definition) is 6. The van der Waals surface area contributed by atoms with Crippen LogP contribution in [0, 0.1) is 10.1 Å². The van der Waals surface area contributed by atoms with Gasteiger partial charge in [0.15, 0.2) is 0 Å². The Morgan fingerprint density at radius 2 is 1.53 bits per heavy atom. The van der Waals surface area contributed by atoms with Crippen LogP contribution in [-0.2, 0) is 4.79 Å². The average molecular weight is 480 g/mol. The Morgan fingerprint density at radius 3 is 2.19 bits per heavy atom. The number of nitrogens with zero attached hydrogens (tertiary/aromatic N) is 2. The smallest absolute Gasteiger partial charge is 0.287 e. The van der Waals surface area contributed by atoms with Crippen LogP contribution in [0.1, 0.15) is 21.7 Å². The summed E-state index contributed by atoms with van der Waals surface area (Å²) in [5.41, 5.74) is 4.16.